The Morgan fingerprint density at radius 2 is 1.94 bits per heavy atom. The zero-order chi connectivity index (χ0) is 13.0. The minimum absolute atomic E-state index is 0.171. The number of carbonyl (C=O) groups is 1. The molecule has 18 heavy (non-hydrogen) atoms. The van der Waals surface area contributed by atoms with E-state index in [-0.39, 0.29) is 16.6 Å². The number of carbonyl (C=O) groups excluding carboxylic acids is 1. The van der Waals surface area contributed by atoms with E-state index in [1.807, 2.05) is 6.92 Å². The molecule has 3 aliphatic rings. The Balaban J connectivity index is 1.62. The molecule has 0 spiro atoms. The molecular weight excluding hydrogens is 250 g/mol. The Kier molecular flexibility index (Phi) is 2.74. The Bertz CT molecular complexity index is 463. The van der Waals surface area contributed by atoms with E-state index in [9.17, 15) is 13.2 Å². The summed E-state index contributed by atoms with van der Waals surface area (Å²) in [5.41, 5.74) is -0.171. The van der Waals surface area contributed by atoms with Gasteiger partial charge in [-0.2, -0.15) is 0 Å². The van der Waals surface area contributed by atoms with Crippen LogP contribution in [0, 0.1) is 11.3 Å². The van der Waals surface area contributed by atoms with Crippen LogP contribution in [0.25, 0.3) is 0 Å². The van der Waals surface area contributed by atoms with Gasteiger partial charge in [0.15, 0.2) is 9.84 Å². The maximum atomic E-state index is 12.2. The van der Waals surface area contributed by atoms with Crippen molar-refractivity contribution in [2.75, 3.05) is 18.8 Å². The number of hydrogen-bond acceptors (Lipinski definition) is 3. The van der Waals surface area contributed by atoms with Crippen molar-refractivity contribution in [3.05, 3.63) is 0 Å². The normalized spacial score (nSPS) is 30.5. The molecule has 5 heteroatoms. The Hall–Kier alpha value is -0.580. The molecule has 0 aromatic rings. The molecule has 1 saturated heterocycles. The standard InChI is InChI=1S/C13H21NO3S/c1-13(5-6-13)12(15)14-7-4-11(8-14)18(16,17)9-10-2-3-10/h10-11H,2-9H2,1H3. The van der Waals surface area contributed by atoms with Gasteiger partial charge in [0, 0.05) is 18.5 Å². The fourth-order valence-corrected chi connectivity index (χ4v) is 4.87. The predicted octanol–water partition coefficient (Wildman–Crippen LogP) is 1.21. The van der Waals surface area contributed by atoms with Gasteiger partial charge in [0.2, 0.25) is 5.91 Å². The molecule has 0 radical (unpaired) electrons. The molecule has 1 amide bonds. The fourth-order valence-electron chi connectivity index (χ4n) is 2.74. The quantitative estimate of drug-likeness (QED) is 0.772. The molecule has 2 aliphatic carbocycles. The second kappa shape index (κ2) is 3.95. The molecule has 0 N–H and O–H groups in total. The minimum Gasteiger partial charge on any atom is -0.341 e. The first-order chi connectivity index (χ1) is 8.41. The summed E-state index contributed by atoms with van der Waals surface area (Å²) in [5.74, 6) is 0.920. The first kappa shape index (κ1) is 12.5. The monoisotopic (exact) mass is 271 g/mol. The molecule has 1 atom stereocenters. The Morgan fingerprint density at radius 3 is 2.50 bits per heavy atom. The van der Waals surface area contributed by atoms with Gasteiger partial charge in [0.05, 0.1) is 11.0 Å². The maximum Gasteiger partial charge on any atom is 0.228 e. The van der Waals surface area contributed by atoms with Crippen LogP contribution in [-0.2, 0) is 14.6 Å². The van der Waals surface area contributed by atoms with Crippen molar-refractivity contribution in [3.8, 4) is 0 Å². The summed E-state index contributed by atoms with van der Waals surface area (Å²) in [5, 5.41) is -0.301. The summed E-state index contributed by atoms with van der Waals surface area (Å²) in [6, 6.07) is 0. The smallest absolute Gasteiger partial charge is 0.228 e. The lowest BCUT2D eigenvalue weighted by molar-refractivity contribution is -0.135. The zero-order valence-corrected chi connectivity index (χ0v) is 11.7. The van der Waals surface area contributed by atoms with E-state index in [2.05, 4.69) is 0 Å². The van der Waals surface area contributed by atoms with Gasteiger partial charge < -0.3 is 4.90 Å². The molecular formula is C13H21NO3S. The van der Waals surface area contributed by atoms with Gasteiger partial charge in [-0.25, -0.2) is 8.42 Å². The highest BCUT2D eigenvalue weighted by Crippen LogP contribution is 2.47. The van der Waals surface area contributed by atoms with Crippen molar-refractivity contribution in [2.45, 2.75) is 44.3 Å². The van der Waals surface area contributed by atoms with Crippen molar-refractivity contribution in [1.82, 2.24) is 4.90 Å². The Labute approximate surface area is 109 Å². The highest BCUT2D eigenvalue weighted by molar-refractivity contribution is 7.92. The maximum absolute atomic E-state index is 12.2. The largest absolute Gasteiger partial charge is 0.341 e. The number of amides is 1. The number of rotatable bonds is 4. The average molecular weight is 271 g/mol. The van der Waals surface area contributed by atoms with Gasteiger partial charge in [0.25, 0.3) is 0 Å². The lowest BCUT2D eigenvalue weighted by atomic mass is 10.1. The third kappa shape index (κ3) is 2.29. The van der Waals surface area contributed by atoms with Crippen LogP contribution < -0.4 is 0 Å². The number of sulfone groups is 1. The molecule has 1 aliphatic heterocycles. The predicted molar refractivity (Wildman–Crippen MR) is 68.8 cm³/mol. The van der Waals surface area contributed by atoms with Crippen molar-refractivity contribution < 1.29 is 13.2 Å². The van der Waals surface area contributed by atoms with Gasteiger partial charge in [-0.3, -0.25) is 4.79 Å². The van der Waals surface area contributed by atoms with Crippen LogP contribution in [0.5, 0.6) is 0 Å². The number of nitrogens with zero attached hydrogens (tertiary/aromatic N) is 1. The summed E-state index contributed by atoms with van der Waals surface area (Å²) < 4.78 is 24.4. The molecule has 102 valence electrons. The van der Waals surface area contributed by atoms with Crippen LogP contribution in [0.3, 0.4) is 0 Å². The van der Waals surface area contributed by atoms with Crippen LogP contribution >= 0.6 is 0 Å². The third-order valence-electron chi connectivity index (χ3n) is 4.62. The molecule has 3 rings (SSSR count). The first-order valence-electron chi connectivity index (χ1n) is 6.92. The van der Waals surface area contributed by atoms with Gasteiger partial charge in [0.1, 0.15) is 0 Å². The van der Waals surface area contributed by atoms with E-state index < -0.39 is 9.84 Å². The van der Waals surface area contributed by atoms with Crippen LogP contribution in [-0.4, -0.2) is 43.3 Å². The molecule has 1 unspecified atom stereocenters. The SMILES string of the molecule is CC1(C(=O)N2CCC(S(=O)(=O)CC3CC3)C2)CC1. The zero-order valence-electron chi connectivity index (χ0n) is 10.9. The lowest BCUT2D eigenvalue weighted by Gasteiger charge is -2.20. The topological polar surface area (TPSA) is 54.5 Å². The van der Waals surface area contributed by atoms with E-state index in [1.54, 1.807) is 4.90 Å². The average Bonchev–Trinajstić information content (AvgIpc) is 3.20. The fraction of sp³-hybridized carbons (Fsp3) is 0.923. The van der Waals surface area contributed by atoms with Crippen molar-refractivity contribution in [2.24, 2.45) is 11.3 Å². The van der Waals surface area contributed by atoms with Gasteiger partial charge in [-0.1, -0.05) is 6.92 Å². The van der Waals surface area contributed by atoms with Crippen LogP contribution in [0.15, 0.2) is 0 Å². The van der Waals surface area contributed by atoms with Crippen LogP contribution in [0.2, 0.25) is 0 Å². The molecule has 0 aromatic carbocycles. The Morgan fingerprint density at radius 1 is 1.28 bits per heavy atom. The van der Waals surface area contributed by atoms with Crippen LogP contribution in [0.4, 0.5) is 0 Å². The summed E-state index contributed by atoms with van der Waals surface area (Å²) in [6.07, 6.45) is 4.68. The van der Waals surface area contributed by atoms with E-state index >= 15 is 0 Å². The first-order valence-corrected chi connectivity index (χ1v) is 8.63. The van der Waals surface area contributed by atoms with E-state index in [1.165, 1.54) is 0 Å². The van der Waals surface area contributed by atoms with E-state index in [0.717, 1.165) is 25.7 Å². The molecule has 1 heterocycles. The van der Waals surface area contributed by atoms with Gasteiger partial charge in [-0.05, 0) is 38.0 Å². The number of hydrogen-bond donors (Lipinski definition) is 0. The molecule has 0 aromatic heterocycles. The van der Waals surface area contributed by atoms with Gasteiger partial charge in [-0.15, -0.1) is 0 Å². The van der Waals surface area contributed by atoms with Crippen molar-refractivity contribution in [1.29, 1.82) is 0 Å². The second-order valence-corrected chi connectivity index (χ2v) is 8.82. The van der Waals surface area contributed by atoms with Crippen molar-refractivity contribution in [3.63, 3.8) is 0 Å². The highest BCUT2D eigenvalue weighted by atomic mass is 32.2. The molecule has 3 fully saturated rings. The number of likely N-dealkylation sites (tertiary alicyclic amines) is 1. The minimum atomic E-state index is -2.98. The van der Waals surface area contributed by atoms with E-state index in [4.69, 9.17) is 0 Å². The van der Waals surface area contributed by atoms with Crippen LogP contribution in [0.1, 0.15) is 39.0 Å². The van der Waals surface area contributed by atoms with Gasteiger partial charge >= 0.3 is 0 Å². The summed E-state index contributed by atoms with van der Waals surface area (Å²) >= 11 is 0. The lowest BCUT2D eigenvalue weighted by Crippen LogP contribution is -2.36. The highest BCUT2D eigenvalue weighted by Gasteiger charge is 2.49. The second-order valence-electron chi connectivity index (χ2n) is 6.50. The molecule has 4 nitrogen and oxygen atoms in total. The summed E-state index contributed by atoms with van der Waals surface area (Å²) in [7, 11) is -2.98. The van der Waals surface area contributed by atoms with Crippen molar-refractivity contribution >= 4 is 15.7 Å². The summed E-state index contributed by atoms with van der Waals surface area (Å²) in [6.45, 7) is 3.05. The summed E-state index contributed by atoms with van der Waals surface area (Å²) in [4.78, 5) is 13.9. The third-order valence-corrected chi connectivity index (χ3v) is 6.96. The molecule has 2 saturated carbocycles. The van der Waals surface area contributed by atoms with E-state index in [0.29, 0.717) is 31.2 Å². The molecule has 0 bridgehead atoms.